The monoisotopic (exact) mass is 371 g/mol. The lowest BCUT2D eigenvalue weighted by Gasteiger charge is -2.57. The van der Waals surface area contributed by atoms with Crippen LogP contribution in [0, 0.1) is 23.1 Å². The van der Waals surface area contributed by atoms with Crippen LogP contribution < -0.4 is 10.6 Å². The van der Waals surface area contributed by atoms with Gasteiger partial charge in [-0.3, -0.25) is 4.90 Å². The summed E-state index contributed by atoms with van der Waals surface area (Å²) >= 11 is 0. The predicted molar refractivity (Wildman–Crippen MR) is 106 cm³/mol. The van der Waals surface area contributed by atoms with Gasteiger partial charge in [0.05, 0.1) is 0 Å². The molecule has 2 amide bonds. The molecule has 0 unspecified atom stereocenters. The number of carbonyl (C=O) groups excluding carboxylic acids is 1. The summed E-state index contributed by atoms with van der Waals surface area (Å²) in [5.74, 6) is 1.31. The summed E-state index contributed by atoms with van der Waals surface area (Å²) in [7, 11) is 0. The van der Waals surface area contributed by atoms with E-state index in [1.807, 2.05) is 0 Å². The van der Waals surface area contributed by atoms with Crippen molar-refractivity contribution in [2.75, 3.05) is 25.0 Å². The second kappa shape index (κ2) is 7.27. The molecule has 3 aliphatic carbocycles. The molecule has 4 nitrogen and oxygen atoms in total. The summed E-state index contributed by atoms with van der Waals surface area (Å²) in [6.07, 6.45) is 7.02. The van der Waals surface area contributed by atoms with Gasteiger partial charge >= 0.3 is 6.03 Å². The average Bonchev–Trinajstić information content (AvgIpc) is 2.63. The molecule has 5 rings (SSSR count). The number of likely N-dealkylation sites (tertiary alicyclic amines) is 1. The molecule has 1 aliphatic heterocycles. The summed E-state index contributed by atoms with van der Waals surface area (Å²) in [6.45, 7) is 7.96. The molecule has 2 N–H and O–H groups in total. The smallest absolute Gasteiger partial charge is 0.319 e. The third-order valence-electron chi connectivity index (χ3n) is 6.99. The molecular weight excluding hydrogens is 341 g/mol. The van der Waals surface area contributed by atoms with Gasteiger partial charge in [-0.05, 0) is 61.1 Å². The number of fused-ring (bicyclic) bond motifs is 1. The van der Waals surface area contributed by atoms with E-state index in [2.05, 4.69) is 35.5 Å². The van der Waals surface area contributed by atoms with Gasteiger partial charge in [-0.25, -0.2) is 9.18 Å². The highest BCUT2D eigenvalue weighted by atomic mass is 19.1. The first-order valence-corrected chi connectivity index (χ1v) is 10.2. The number of hydrogen-bond acceptors (Lipinski definition) is 2. The van der Waals surface area contributed by atoms with Gasteiger partial charge in [-0.15, -0.1) is 0 Å². The highest BCUT2D eigenvalue weighted by molar-refractivity contribution is 5.89. The molecule has 1 heterocycles. The van der Waals surface area contributed by atoms with Crippen molar-refractivity contribution in [3.05, 3.63) is 41.7 Å². The number of nitrogens with zero attached hydrogens (tertiary/aromatic N) is 1. The number of piperidine rings is 1. The highest BCUT2D eigenvalue weighted by Gasteiger charge is 2.51. The second-order valence-electron chi connectivity index (χ2n) is 8.98. The van der Waals surface area contributed by atoms with Crippen LogP contribution in [0.4, 0.5) is 14.9 Å². The summed E-state index contributed by atoms with van der Waals surface area (Å²) in [4.78, 5) is 14.7. The molecule has 2 atom stereocenters. The standard InChI is InChI=1S/C22H30FN3O/c1-22(2)16-7-6-15(20(22)12-16)14-26-10-8-18(9-11-26)24-21(27)25-19-5-3-4-17(23)13-19/h3-6,13,16,18,20H,7-12,14H2,1-2H3,(H2,24,25,27)/t16-,20-/m0/s1. The first-order chi connectivity index (χ1) is 12.9. The van der Waals surface area contributed by atoms with Gasteiger partial charge in [0.25, 0.3) is 0 Å². The van der Waals surface area contributed by atoms with E-state index in [1.54, 1.807) is 17.7 Å². The lowest BCUT2D eigenvalue weighted by atomic mass is 9.49. The summed E-state index contributed by atoms with van der Waals surface area (Å²) in [5.41, 5.74) is 2.60. The van der Waals surface area contributed by atoms with Crippen molar-refractivity contribution in [3.63, 3.8) is 0 Å². The van der Waals surface area contributed by atoms with Crippen LogP contribution >= 0.6 is 0 Å². The molecule has 1 aromatic carbocycles. The van der Waals surface area contributed by atoms with Crippen molar-refractivity contribution < 1.29 is 9.18 Å². The third-order valence-corrected chi connectivity index (χ3v) is 6.99. The van der Waals surface area contributed by atoms with Gasteiger partial charge in [-0.2, -0.15) is 0 Å². The Bertz CT molecular complexity index is 737. The molecule has 5 heteroatoms. The second-order valence-corrected chi connectivity index (χ2v) is 8.98. The molecule has 1 saturated carbocycles. The maximum absolute atomic E-state index is 13.2. The van der Waals surface area contributed by atoms with Crippen molar-refractivity contribution in [2.45, 2.75) is 45.6 Å². The van der Waals surface area contributed by atoms with Gasteiger partial charge in [0, 0.05) is 31.4 Å². The number of halogens is 1. The summed E-state index contributed by atoms with van der Waals surface area (Å²) < 4.78 is 13.2. The predicted octanol–water partition coefficient (Wildman–Crippen LogP) is 4.40. The molecule has 0 radical (unpaired) electrons. The maximum atomic E-state index is 13.2. The minimum absolute atomic E-state index is 0.180. The molecule has 4 aliphatic rings. The number of carbonyl (C=O) groups is 1. The fourth-order valence-corrected chi connectivity index (χ4v) is 5.07. The van der Waals surface area contributed by atoms with Crippen molar-refractivity contribution in [1.29, 1.82) is 0 Å². The Morgan fingerprint density at radius 2 is 2.07 bits per heavy atom. The van der Waals surface area contributed by atoms with Crippen molar-refractivity contribution in [3.8, 4) is 0 Å². The Morgan fingerprint density at radius 1 is 1.30 bits per heavy atom. The molecule has 1 aromatic rings. The van der Waals surface area contributed by atoms with Gasteiger partial charge < -0.3 is 10.6 Å². The quantitative estimate of drug-likeness (QED) is 0.771. The molecule has 1 saturated heterocycles. The molecule has 27 heavy (non-hydrogen) atoms. The number of hydrogen-bond donors (Lipinski definition) is 2. The fourth-order valence-electron chi connectivity index (χ4n) is 5.07. The first kappa shape index (κ1) is 18.5. The number of benzene rings is 1. The molecule has 2 bridgehead atoms. The topological polar surface area (TPSA) is 44.4 Å². The van der Waals surface area contributed by atoms with E-state index in [-0.39, 0.29) is 17.9 Å². The number of allylic oxidation sites excluding steroid dienone is 1. The third kappa shape index (κ3) is 3.88. The van der Waals surface area contributed by atoms with Crippen molar-refractivity contribution >= 4 is 11.7 Å². The largest absolute Gasteiger partial charge is 0.335 e. The van der Waals surface area contributed by atoms with Crippen LogP contribution in [0.2, 0.25) is 0 Å². The molecule has 0 aromatic heterocycles. The Labute approximate surface area is 161 Å². The van der Waals surface area contributed by atoms with Crippen molar-refractivity contribution in [2.24, 2.45) is 17.3 Å². The van der Waals surface area contributed by atoms with E-state index in [9.17, 15) is 9.18 Å². The highest BCUT2D eigenvalue weighted by Crippen LogP contribution is 2.59. The van der Waals surface area contributed by atoms with Crippen molar-refractivity contribution in [1.82, 2.24) is 10.2 Å². The first-order valence-electron chi connectivity index (χ1n) is 10.2. The van der Waals surface area contributed by atoms with Crippen LogP contribution in [0.15, 0.2) is 35.9 Å². The van der Waals surface area contributed by atoms with E-state index >= 15 is 0 Å². The Hall–Kier alpha value is -1.88. The molecule has 0 spiro atoms. The Kier molecular flexibility index (Phi) is 4.97. The van der Waals surface area contributed by atoms with Gasteiger partial charge in [0.2, 0.25) is 0 Å². The molecular formula is C22H30FN3O. The van der Waals surface area contributed by atoms with Crippen LogP contribution in [0.1, 0.15) is 39.5 Å². The Morgan fingerprint density at radius 3 is 2.74 bits per heavy atom. The zero-order valence-corrected chi connectivity index (χ0v) is 16.3. The number of amides is 2. The number of rotatable bonds is 4. The minimum atomic E-state index is -0.348. The lowest BCUT2D eigenvalue weighted by molar-refractivity contribution is -0.0113. The zero-order chi connectivity index (χ0) is 19.0. The van der Waals surface area contributed by atoms with E-state index in [0.717, 1.165) is 44.3 Å². The van der Waals surface area contributed by atoms with Gasteiger partial charge in [-0.1, -0.05) is 31.6 Å². The number of nitrogens with one attached hydrogen (secondary N) is 2. The van der Waals surface area contributed by atoms with Crippen LogP contribution in [0.3, 0.4) is 0 Å². The van der Waals surface area contributed by atoms with Crippen LogP contribution in [-0.2, 0) is 0 Å². The van der Waals surface area contributed by atoms with E-state index in [0.29, 0.717) is 11.1 Å². The lowest BCUT2D eigenvalue weighted by Crippen LogP contribution is -2.51. The Balaban J connectivity index is 1.22. The van der Waals surface area contributed by atoms with E-state index in [1.165, 1.54) is 25.0 Å². The number of anilines is 1. The van der Waals surface area contributed by atoms with E-state index < -0.39 is 0 Å². The van der Waals surface area contributed by atoms with Crippen LogP contribution in [0.25, 0.3) is 0 Å². The van der Waals surface area contributed by atoms with Crippen LogP contribution in [0.5, 0.6) is 0 Å². The SMILES string of the molecule is CC1(C)[C@H]2CC=C(CN3CCC(NC(=O)Nc4cccc(F)c4)CC3)[C@@H]1C2. The molecule has 146 valence electrons. The number of urea groups is 1. The normalized spacial score (nSPS) is 27.4. The van der Waals surface area contributed by atoms with Gasteiger partial charge in [0.1, 0.15) is 5.82 Å². The summed E-state index contributed by atoms with van der Waals surface area (Å²) in [6, 6.07) is 5.90. The fraction of sp³-hybridized carbons (Fsp3) is 0.591. The molecule has 2 fully saturated rings. The summed E-state index contributed by atoms with van der Waals surface area (Å²) in [5, 5.41) is 5.74. The minimum Gasteiger partial charge on any atom is -0.335 e. The van der Waals surface area contributed by atoms with Gasteiger partial charge in [0.15, 0.2) is 0 Å². The average molecular weight is 372 g/mol. The zero-order valence-electron chi connectivity index (χ0n) is 16.3. The van der Waals surface area contributed by atoms with Crippen LogP contribution in [-0.4, -0.2) is 36.6 Å². The maximum Gasteiger partial charge on any atom is 0.319 e. The van der Waals surface area contributed by atoms with E-state index in [4.69, 9.17) is 0 Å².